The molecule has 0 amide bonds. The molecule has 1 saturated heterocycles. The van der Waals surface area contributed by atoms with Crippen molar-refractivity contribution in [3.05, 3.63) is 71.4 Å². The van der Waals surface area contributed by atoms with Crippen molar-refractivity contribution in [1.29, 1.82) is 0 Å². The molecule has 1 fully saturated rings. The molecular formula is C21H21N3O3. The fourth-order valence-corrected chi connectivity index (χ4v) is 3.63. The van der Waals surface area contributed by atoms with Gasteiger partial charge in [0.15, 0.2) is 5.82 Å². The summed E-state index contributed by atoms with van der Waals surface area (Å²) in [6.45, 7) is 4.59. The summed E-state index contributed by atoms with van der Waals surface area (Å²) < 4.78 is 5.31. The normalized spacial score (nSPS) is 17.3. The molecule has 2 aromatic carbocycles. The molecule has 0 unspecified atom stereocenters. The number of carboxylic acids is 1. The molecule has 0 spiro atoms. The lowest BCUT2D eigenvalue weighted by Gasteiger charge is -2.15. The molecule has 1 aliphatic rings. The number of hydrogen-bond acceptors (Lipinski definition) is 5. The number of carboxylic acid groups (broad SMARTS) is 1. The zero-order valence-electron chi connectivity index (χ0n) is 15.1. The average molecular weight is 363 g/mol. The summed E-state index contributed by atoms with van der Waals surface area (Å²) in [6.07, 6.45) is 1.02. The van der Waals surface area contributed by atoms with Crippen molar-refractivity contribution in [2.75, 3.05) is 13.1 Å². The Labute approximate surface area is 157 Å². The summed E-state index contributed by atoms with van der Waals surface area (Å²) in [5.41, 5.74) is 3.18. The number of aryl methyl sites for hydroxylation is 1. The van der Waals surface area contributed by atoms with Gasteiger partial charge in [0.05, 0.1) is 11.5 Å². The van der Waals surface area contributed by atoms with Crippen molar-refractivity contribution in [1.82, 2.24) is 15.0 Å². The maximum Gasteiger partial charge on any atom is 0.336 e. The second-order valence-electron chi connectivity index (χ2n) is 6.95. The lowest BCUT2D eigenvalue weighted by Crippen LogP contribution is -2.19. The van der Waals surface area contributed by atoms with Crippen molar-refractivity contribution in [2.45, 2.75) is 25.8 Å². The third-order valence-corrected chi connectivity index (χ3v) is 4.99. The zero-order valence-corrected chi connectivity index (χ0v) is 15.1. The highest BCUT2D eigenvalue weighted by molar-refractivity contribution is 5.95. The minimum absolute atomic E-state index is 0.299. The van der Waals surface area contributed by atoms with Gasteiger partial charge < -0.3 is 9.63 Å². The highest BCUT2D eigenvalue weighted by Gasteiger charge is 2.28. The first-order valence-corrected chi connectivity index (χ1v) is 9.04. The van der Waals surface area contributed by atoms with Crippen molar-refractivity contribution < 1.29 is 14.4 Å². The molecule has 1 atom stereocenters. The Morgan fingerprint density at radius 2 is 2.00 bits per heavy atom. The maximum atomic E-state index is 11.4. The number of aromatic nitrogens is 2. The minimum atomic E-state index is -0.908. The second kappa shape index (κ2) is 7.32. The monoisotopic (exact) mass is 363 g/mol. The van der Waals surface area contributed by atoms with Crippen molar-refractivity contribution >= 4 is 5.97 Å². The summed E-state index contributed by atoms with van der Waals surface area (Å²) in [4.78, 5) is 18.1. The van der Waals surface area contributed by atoms with E-state index in [2.05, 4.69) is 27.2 Å². The van der Waals surface area contributed by atoms with Crippen molar-refractivity contribution in [3.63, 3.8) is 0 Å². The van der Waals surface area contributed by atoms with E-state index in [1.54, 1.807) is 12.1 Å². The molecule has 0 radical (unpaired) electrons. The Morgan fingerprint density at radius 3 is 2.70 bits per heavy atom. The van der Waals surface area contributed by atoms with Gasteiger partial charge in [-0.15, -0.1) is 0 Å². The summed E-state index contributed by atoms with van der Waals surface area (Å²) in [6, 6.07) is 15.2. The first-order chi connectivity index (χ1) is 13.1. The largest absolute Gasteiger partial charge is 0.478 e. The van der Waals surface area contributed by atoms with Crippen LogP contribution in [-0.2, 0) is 6.54 Å². The van der Waals surface area contributed by atoms with Crippen molar-refractivity contribution in [3.8, 4) is 11.1 Å². The molecule has 0 aliphatic carbocycles. The van der Waals surface area contributed by atoms with Crippen LogP contribution in [0.4, 0.5) is 0 Å². The third kappa shape index (κ3) is 3.75. The van der Waals surface area contributed by atoms with E-state index >= 15 is 0 Å². The molecule has 1 N–H and O–H groups in total. The van der Waals surface area contributed by atoms with E-state index in [1.807, 2.05) is 31.2 Å². The van der Waals surface area contributed by atoms with Gasteiger partial charge in [0.25, 0.3) is 0 Å². The standard InChI is InChI=1S/C21H21N3O3/c1-14-22-20(27-23-14)17-10-11-24(13-17)12-15-6-8-16(9-7-15)18-4-2-3-5-19(18)21(25)26/h2-9,17H,10-13H2,1H3,(H,25,26)/t17-/m1/s1. The van der Waals surface area contributed by atoms with E-state index in [4.69, 9.17) is 4.52 Å². The highest BCUT2D eigenvalue weighted by atomic mass is 16.5. The Kier molecular flexibility index (Phi) is 4.73. The first kappa shape index (κ1) is 17.4. The van der Waals surface area contributed by atoms with Crippen molar-refractivity contribution in [2.24, 2.45) is 0 Å². The number of aromatic carboxylic acids is 1. The Morgan fingerprint density at radius 1 is 1.22 bits per heavy atom. The Hall–Kier alpha value is -2.99. The van der Waals surface area contributed by atoms with Gasteiger partial charge >= 0.3 is 5.97 Å². The lowest BCUT2D eigenvalue weighted by atomic mass is 9.98. The molecule has 3 aromatic rings. The number of hydrogen-bond donors (Lipinski definition) is 1. The molecule has 0 saturated carbocycles. The van der Waals surface area contributed by atoms with Crippen LogP contribution in [0.15, 0.2) is 53.1 Å². The number of benzene rings is 2. The van der Waals surface area contributed by atoms with Gasteiger partial charge in [0.2, 0.25) is 5.89 Å². The van der Waals surface area contributed by atoms with Crippen LogP contribution in [0.5, 0.6) is 0 Å². The minimum Gasteiger partial charge on any atom is -0.478 e. The fraction of sp³-hybridized carbons (Fsp3) is 0.286. The molecule has 0 bridgehead atoms. The van der Waals surface area contributed by atoms with E-state index in [0.717, 1.165) is 43.1 Å². The second-order valence-corrected chi connectivity index (χ2v) is 6.95. The zero-order chi connectivity index (χ0) is 18.8. The topological polar surface area (TPSA) is 79.5 Å². The van der Waals surface area contributed by atoms with Crippen LogP contribution in [0.25, 0.3) is 11.1 Å². The van der Waals surface area contributed by atoms with E-state index in [9.17, 15) is 9.90 Å². The van der Waals surface area contributed by atoms with Gasteiger partial charge in [-0.3, -0.25) is 4.90 Å². The Balaban J connectivity index is 1.44. The molecule has 6 nitrogen and oxygen atoms in total. The molecule has 4 rings (SSSR count). The van der Waals surface area contributed by atoms with E-state index in [1.165, 1.54) is 5.56 Å². The predicted octanol–water partition coefficient (Wildman–Crippen LogP) is 3.73. The smallest absolute Gasteiger partial charge is 0.336 e. The van der Waals surface area contributed by atoms with Crippen LogP contribution in [0.1, 0.15) is 40.0 Å². The summed E-state index contributed by atoms with van der Waals surface area (Å²) in [5, 5.41) is 13.2. The quantitative estimate of drug-likeness (QED) is 0.744. The van der Waals surface area contributed by atoms with Gasteiger partial charge in [-0.25, -0.2) is 4.79 Å². The average Bonchev–Trinajstić information content (AvgIpc) is 3.31. The molecule has 138 valence electrons. The van der Waals surface area contributed by atoms with Crippen LogP contribution >= 0.6 is 0 Å². The molecule has 2 heterocycles. The summed E-state index contributed by atoms with van der Waals surface area (Å²) >= 11 is 0. The lowest BCUT2D eigenvalue weighted by molar-refractivity contribution is 0.0697. The number of rotatable bonds is 5. The van der Waals surface area contributed by atoms with E-state index in [0.29, 0.717) is 17.3 Å². The van der Waals surface area contributed by atoms with Gasteiger partial charge in [-0.1, -0.05) is 47.6 Å². The number of nitrogens with zero attached hydrogens (tertiary/aromatic N) is 3. The van der Waals surface area contributed by atoms with Gasteiger partial charge in [-0.05, 0) is 42.6 Å². The first-order valence-electron chi connectivity index (χ1n) is 9.04. The van der Waals surface area contributed by atoms with Gasteiger partial charge in [0.1, 0.15) is 0 Å². The molecule has 6 heteroatoms. The summed E-state index contributed by atoms with van der Waals surface area (Å²) in [7, 11) is 0. The van der Waals surface area contributed by atoms with Gasteiger partial charge in [0, 0.05) is 13.1 Å². The van der Waals surface area contributed by atoms with Gasteiger partial charge in [-0.2, -0.15) is 4.98 Å². The highest BCUT2D eigenvalue weighted by Crippen LogP contribution is 2.28. The Bertz CT molecular complexity index is 949. The molecule has 1 aromatic heterocycles. The van der Waals surface area contributed by atoms with Crippen LogP contribution in [-0.4, -0.2) is 39.2 Å². The van der Waals surface area contributed by atoms with Crippen LogP contribution in [0.3, 0.4) is 0 Å². The van der Waals surface area contributed by atoms with Crippen LogP contribution < -0.4 is 0 Å². The fourth-order valence-electron chi connectivity index (χ4n) is 3.63. The van der Waals surface area contributed by atoms with E-state index < -0.39 is 5.97 Å². The predicted molar refractivity (Wildman–Crippen MR) is 101 cm³/mol. The van der Waals surface area contributed by atoms with E-state index in [-0.39, 0.29) is 0 Å². The third-order valence-electron chi connectivity index (χ3n) is 4.99. The molecule has 1 aliphatic heterocycles. The number of likely N-dealkylation sites (tertiary alicyclic amines) is 1. The molecular weight excluding hydrogens is 342 g/mol. The van der Waals surface area contributed by atoms with Crippen LogP contribution in [0.2, 0.25) is 0 Å². The maximum absolute atomic E-state index is 11.4. The van der Waals surface area contributed by atoms with Crippen LogP contribution in [0, 0.1) is 6.92 Å². The SMILES string of the molecule is Cc1noc([C@@H]2CCN(Cc3ccc(-c4ccccc4C(=O)O)cc3)C2)n1. The summed E-state index contributed by atoms with van der Waals surface area (Å²) in [5.74, 6) is 0.804. The molecule has 27 heavy (non-hydrogen) atoms. The number of carbonyl (C=O) groups is 1.